The Morgan fingerprint density at radius 3 is 2.33 bits per heavy atom. The molecule has 0 aromatic heterocycles. The van der Waals surface area contributed by atoms with Crippen LogP contribution in [0.1, 0.15) is 5.56 Å². The second kappa shape index (κ2) is 5.86. The van der Waals surface area contributed by atoms with Crippen LogP contribution >= 0.6 is 46.6 Å². The molecule has 0 N–H and O–H groups in total. The van der Waals surface area contributed by atoms with Gasteiger partial charge in [0.1, 0.15) is 0 Å². The Morgan fingerprint density at radius 1 is 0.889 bits per heavy atom. The highest BCUT2D eigenvalue weighted by molar-refractivity contribution is 7.99. The zero-order valence-corrected chi connectivity index (χ0v) is 12.0. The summed E-state index contributed by atoms with van der Waals surface area (Å²) in [6, 6.07) is 12.4. The van der Waals surface area contributed by atoms with E-state index in [4.69, 9.17) is 40.1 Å². The van der Waals surface area contributed by atoms with Crippen LogP contribution in [0.4, 0.5) is 0 Å². The zero-order chi connectivity index (χ0) is 13.1. The first-order valence-corrected chi connectivity index (χ1v) is 6.88. The van der Waals surface area contributed by atoms with Crippen LogP contribution in [0, 0.1) is 11.3 Å². The van der Waals surface area contributed by atoms with E-state index in [1.54, 1.807) is 36.4 Å². The van der Waals surface area contributed by atoms with Gasteiger partial charge in [-0.1, -0.05) is 46.6 Å². The molecule has 0 fully saturated rings. The molecule has 0 heterocycles. The first-order chi connectivity index (χ1) is 8.60. The lowest BCUT2D eigenvalue weighted by Crippen LogP contribution is -1.80. The van der Waals surface area contributed by atoms with Crippen molar-refractivity contribution in [2.24, 2.45) is 0 Å². The number of benzene rings is 2. The molecule has 0 aliphatic carbocycles. The van der Waals surface area contributed by atoms with Crippen molar-refractivity contribution < 1.29 is 0 Å². The van der Waals surface area contributed by atoms with Crippen LogP contribution in [0.2, 0.25) is 15.1 Å². The molecule has 0 spiro atoms. The lowest BCUT2D eigenvalue weighted by molar-refractivity contribution is 1.38. The van der Waals surface area contributed by atoms with Gasteiger partial charge in [0.25, 0.3) is 0 Å². The second-order valence-corrected chi connectivity index (χ2v) is 5.77. The third-order valence-corrected chi connectivity index (χ3v) is 4.41. The Labute approximate surface area is 124 Å². The first kappa shape index (κ1) is 13.6. The minimum absolute atomic E-state index is 0.523. The van der Waals surface area contributed by atoms with Gasteiger partial charge in [0.15, 0.2) is 0 Å². The molecule has 0 bridgehead atoms. The second-order valence-electron chi connectivity index (χ2n) is 3.43. The van der Waals surface area contributed by atoms with E-state index in [9.17, 15) is 0 Å². The molecule has 0 radical (unpaired) electrons. The van der Waals surface area contributed by atoms with E-state index >= 15 is 0 Å². The molecular weight excluding hydrogens is 309 g/mol. The Kier molecular flexibility index (Phi) is 4.42. The molecule has 2 aromatic rings. The van der Waals surface area contributed by atoms with Gasteiger partial charge in [-0.25, -0.2) is 0 Å². The normalized spacial score (nSPS) is 10.1. The summed E-state index contributed by atoms with van der Waals surface area (Å²) in [6.07, 6.45) is 0. The third-order valence-electron chi connectivity index (χ3n) is 2.17. The number of nitriles is 1. The van der Waals surface area contributed by atoms with Gasteiger partial charge >= 0.3 is 0 Å². The monoisotopic (exact) mass is 313 g/mol. The maximum Gasteiger partial charge on any atom is 0.0992 e. The zero-order valence-electron chi connectivity index (χ0n) is 8.95. The standard InChI is InChI=1S/C13H6Cl3NS/c14-9-2-3-10(15)13(6-9)18-12-4-1-8(7-17)5-11(12)16/h1-6H. The van der Waals surface area contributed by atoms with Crippen LogP contribution < -0.4 is 0 Å². The summed E-state index contributed by atoms with van der Waals surface area (Å²) in [4.78, 5) is 1.66. The van der Waals surface area contributed by atoms with Crippen molar-refractivity contribution in [2.45, 2.75) is 9.79 Å². The number of hydrogen-bond acceptors (Lipinski definition) is 2. The van der Waals surface area contributed by atoms with Crippen molar-refractivity contribution >= 4 is 46.6 Å². The van der Waals surface area contributed by atoms with Gasteiger partial charge in [0, 0.05) is 14.8 Å². The molecule has 1 nitrogen and oxygen atoms in total. The van der Waals surface area contributed by atoms with Gasteiger partial charge < -0.3 is 0 Å². The van der Waals surface area contributed by atoms with E-state index < -0.39 is 0 Å². The quantitative estimate of drug-likeness (QED) is 0.713. The smallest absolute Gasteiger partial charge is 0.0992 e. The number of hydrogen-bond donors (Lipinski definition) is 0. The summed E-state index contributed by atoms with van der Waals surface area (Å²) < 4.78 is 0. The fourth-order valence-electron chi connectivity index (χ4n) is 1.33. The molecule has 5 heteroatoms. The van der Waals surface area contributed by atoms with Crippen molar-refractivity contribution in [3.63, 3.8) is 0 Å². The maximum absolute atomic E-state index is 8.77. The van der Waals surface area contributed by atoms with Crippen LogP contribution in [-0.2, 0) is 0 Å². The Hall–Kier alpha value is -0.850. The number of rotatable bonds is 2. The molecule has 0 atom stereocenters. The maximum atomic E-state index is 8.77. The molecule has 0 aliphatic rings. The van der Waals surface area contributed by atoms with Gasteiger partial charge in [-0.05, 0) is 36.4 Å². The van der Waals surface area contributed by atoms with E-state index in [1.165, 1.54) is 11.8 Å². The Bertz CT molecular complexity index is 635. The third kappa shape index (κ3) is 3.13. The molecule has 18 heavy (non-hydrogen) atoms. The van der Waals surface area contributed by atoms with Gasteiger partial charge in [-0.3, -0.25) is 0 Å². The molecule has 0 aliphatic heterocycles. The first-order valence-electron chi connectivity index (χ1n) is 4.92. The average molecular weight is 315 g/mol. The highest BCUT2D eigenvalue weighted by Crippen LogP contribution is 2.38. The Morgan fingerprint density at radius 2 is 1.67 bits per heavy atom. The molecule has 0 amide bonds. The minimum Gasteiger partial charge on any atom is -0.192 e. The van der Waals surface area contributed by atoms with E-state index in [-0.39, 0.29) is 0 Å². The van der Waals surface area contributed by atoms with Crippen LogP contribution in [-0.4, -0.2) is 0 Å². The van der Waals surface area contributed by atoms with Crippen LogP contribution in [0.5, 0.6) is 0 Å². The van der Waals surface area contributed by atoms with Gasteiger partial charge in [0.2, 0.25) is 0 Å². The molecule has 2 aromatic carbocycles. The Balaban J connectivity index is 2.34. The molecule has 0 unspecified atom stereocenters. The predicted molar refractivity (Wildman–Crippen MR) is 76.8 cm³/mol. The topological polar surface area (TPSA) is 23.8 Å². The summed E-state index contributed by atoms with van der Waals surface area (Å²) >= 11 is 19.5. The summed E-state index contributed by atoms with van der Waals surface area (Å²) in [5.74, 6) is 0. The number of nitrogens with zero attached hydrogens (tertiary/aromatic N) is 1. The molecular formula is C13H6Cl3NS. The molecule has 2 rings (SSSR count). The van der Waals surface area contributed by atoms with Crippen LogP contribution in [0.3, 0.4) is 0 Å². The summed E-state index contributed by atoms with van der Waals surface area (Å²) in [6.45, 7) is 0. The van der Waals surface area contributed by atoms with Crippen molar-refractivity contribution in [1.29, 1.82) is 5.26 Å². The fraction of sp³-hybridized carbons (Fsp3) is 0. The van der Waals surface area contributed by atoms with Crippen molar-refractivity contribution in [1.82, 2.24) is 0 Å². The minimum atomic E-state index is 0.523. The van der Waals surface area contributed by atoms with Crippen molar-refractivity contribution in [2.75, 3.05) is 0 Å². The highest BCUT2D eigenvalue weighted by Gasteiger charge is 2.07. The average Bonchev–Trinajstić information content (AvgIpc) is 2.36. The lowest BCUT2D eigenvalue weighted by Gasteiger charge is -2.06. The van der Waals surface area contributed by atoms with Gasteiger partial charge in [0.05, 0.1) is 21.7 Å². The SMILES string of the molecule is N#Cc1ccc(Sc2cc(Cl)ccc2Cl)c(Cl)c1. The molecule has 0 saturated carbocycles. The predicted octanol–water partition coefficient (Wildman–Crippen LogP) is 5.67. The largest absolute Gasteiger partial charge is 0.192 e. The molecule has 0 saturated heterocycles. The number of halogens is 3. The lowest BCUT2D eigenvalue weighted by atomic mass is 10.2. The van der Waals surface area contributed by atoms with Crippen molar-refractivity contribution in [3.05, 3.63) is 57.0 Å². The summed E-state index contributed by atoms with van der Waals surface area (Å²) in [7, 11) is 0. The van der Waals surface area contributed by atoms with E-state index in [0.717, 1.165) is 9.79 Å². The van der Waals surface area contributed by atoms with Crippen molar-refractivity contribution in [3.8, 4) is 6.07 Å². The molecule has 90 valence electrons. The summed E-state index contributed by atoms with van der Waals surface area (Å²) in [5, 5.41) is 10.5. The highest BCUT2D eigenvalue weighted by atomic mass is 35.5. The van der Waals surface area contributed by atoms with Gasteiger partial charge in [-0.2, -0.15) is 5.26 Å². The van der Waals surface area contributed by atoms with E-state index in [0.29, 0.717) is 20.6 Å². The van der Waals surface area contributed by atoms with E-state index in [2.05, 4.69) is 0 Å². The van der Waals surface area contributed by atoms with Crippen LogP contribution in [0.25, 0.3) is 0 Å². The van der Waals surface area contributed by atoms with E-state index in [1.807, 2.05) is 6.07 Å². The van der Waals surface area contributed by atoms with Gasteiger partial charge in [-0.15, -0.1) is 0 Å². The van der Waals surface area contributed by atoms with Crippen LogP contribution in [0.15, 0.2) is 46.2 Å². The summed E-state index contributed by atoms with van der Waals surface area (Å²) in [5.41, 5.74) is 0.529. The fourth-order valence-corrected chi connectivity index (χ4v) is 2.97.